The normalized spacial score (nSPS) is 20.0. The third-order valence-electron chi connectivity index (χ3n) is 7.48. The lowest BCUT2D eigenvalue weighted by Gasteiger charge is -2.34. The first-order valence-corrected chi connectivity index (χ1v) is 15.2. The average Bonchev–Trinajstić information content (AvgIpc) is 3.64. The van der Waals surface area contributed by atoms with Crippen LogP contribution in [0.25, 0.3) is 11.0 Å². The van der Waals surface area contributed by atoms with E-state index in [-0.39, 0.29) is 75.5 Å². The fraction of sp³-hybridized carbons (Fsp3) is 0.613. The minimum Gasteiger partial charge on any atom is -0.377 e. The molecule has 0 radical (unpaired) electrons. The second kappa shape index (κ2) is 14.5. The Labute approximate surface area is 254 Å². The summed E-state index contributed by atoms with van der Waals surface area (Å²) in [6, 6.07) is 7.36. The molecule has 1 aliphatic heterocycles. The minimum atomic E-state index is -2.70. The van der Waals surface area contributed by atoms with Crippen LogP contribution in [0.3, 0.4) is 0 Å². The van der Waals surface area contributed by atoms with Crippen molar-refractivity contribution in [1.29, 1.82) is 0 Å². The maximum atomic E-state index is 13.5. The van der Waals surface area contributed by atoms with Crippen LogP contribution in [-0.4, -0.2) is 63.2 Å². The number of aromatic amines is 1. The molecule has 3 aromatic rings. The zero-order valence-electron chi connectivity index (χ0n) is 25.5. The van der Waals surface area contributed by atoms with Crippen LogP contribution in [0.5, 0.6) is 0 Å². The standard InChI is InChI=1S/C20H23F4N3O2.C8H13N3O.C3H6/c21-19(22)3-4-29-14(10-19)7-17-26-15-2-1-12(5-16(15)27-17)11-25-18(28)6-13-8-20(23,24)9-13;1-6(2)11-7(4-5-10-11)8(12)9-3;1-2-3-1/h1-2,5,13-14H,3-4,6-11H2,(H,25,28)(H,26,27);4-6H,1-3H3,(H,9,12);1-3H2. The molecule has 1 aromatic carbocycles. The number of amides is 2. The van der Waals surface area contributed by atoms with Gasteiger partial charge in [-0.2, -0.15) is 5.10 Å². The Bertz CT molecular complexity index is 1390. The highest BCUT2D eigenvalue weighted by Gasteiger charge is 2.45. The van der Waals surface area contributed by atoms with Crippen LogP contribution in [-0.2, 0) is 22.5 Å². The van der Waals surface area contributed by atoms with E-state index in [1.165, 1.54) is 19.3 Å². The highest BCUT2D eigenvalue weighted by molar-refractivity contribution is 5.92. The second-order valence-corrected chi connectivity index (χ2v) is 12.0. The van der Waals surface area contributed by atoms with E-state index in [1.54, 1.807) is 30.1 Å². The van der Waals surface area contributed by atoms with Crippen molar-refractivity contribution < 1.29 is 31.9 Å². The molecule has 2 aliphatic carbocycles. The maximum Gasteiger partial charge on any atom is 0.269 e. The molecule has 3 aliphatic rings. The summed E-state index contributed by atoms with van der Waals surface area (Å²) < 4.78 is 59.9. The number of benzene rings is 1. The van der Waals surface area contributed by atoms with Crippen LogP contribution >= 0.6 is 0 Å². The van der Waals surface area contributed by atoms with Crippen molar-refractivity contribution >= 4 is 22.8 Å². The number of alkyl halides is 4. The molecule has 9 nitrogen and oxygen atoms in total. The molecule has 0 spiro atoms. The van der Waals surface area contributed by atoms with Crippen molar-refractivity contribution in [2.24, 2.45) is 5.92 Å². The number of imidazole rings is 1. The van der Waals surface area contributed by atoms with E-state index in [2.05, 4.69) is 25.7 Å². The van der Waals surface area contributed by atoms with E-state index in [0.29, 0.717) is 17.0 Å². The van der Waals surface area contributed by atoms with Gasteiger partial charge in [0.1, 0.15) is 11.5 Å². The van der Waals surface area contributed by atoms with E-state index in [9.17, 15) is 27.2 Å². The average molecular weight is 623 g/mol. The number of hydrogen-bond acceptors (Lipinski definition) is 5. The fourth-order valence-corrected chi connectivity index (χ4v) is 5.03. The number of ether oxygens (including phenoxy) is 1. The summed E-state index contributed by atoms with van der Waals surface area (Å²) in [6.07, 6.45) is 4.94. The first-order chi connectivity index (χ1) is 20.8. The first-order valence-electron chi connectivity index (χ1n) is 15.2. The number of rotatable bonds is 8. The molecule has 3 N–H and O–H groups in total. The lowest BCUT2D eigenvalue weighted by molar-refractivity contribution is -0.133. The van der Waals surface area contributed by atoms with Gasteiger partial charge in [-0.25, -0.2) is 22.5 Å². The highest BCUT2D eigenvalue weighted by atomic mass is 19.3. The zero-order valence-corrected chi connectivity index (χ0v) is 25.5. The van der Waals surface area contributed by atoms with Crippen molar-refractivity contribution in [2.45, 2.75) is 102 Å². The Balaban J connectivity index is 0.000000243. The van der Waals surface area contributed by atoms with Crippen LogP contribution in [0.15, 0.2) is 30.5 Å². The second-order valence-electron chi connectivity index (χ2n) is 12.0. The summed E-state index contributed by atoms with van der Waals surface area (Å²) in [5.41, 5.74) is 2.88. The summed E-state index contributed by atoms with van der Waals surface area (Å²) in [7, 11) is 1.61. The Morgan fingerprint density at radius 3 is 2.43 bits per heavy atom. The summed E-state index contributed by atoms with van der Waals surface area (Å²) in [4.78, 5) is 30.7. The van der Waals surface area contributed by atoms with Gasteiger partial charge in [0.15, 0.2) is 0 Å². The Morgan fingerprint density at radius 1 is 1.09 bits per heavy atom. The molecule has 44 heavy (non-hydrogen) atoms. The number of fused-ring (bicyclic) bond motifs is 1. The number of nitrogens with zero attached hydrogens (tertiary/aromatic N) is 3. The first kappa shape index (κ1) is 33.4. The molecule has 1 unspecified atom stereocenters. The fourth-order valence-electron chi connectivity index (χ4n) is 5.03. The number of carbonyl (C=O) groups is 2. The van der Waals surface area contributed by atoms with E-state index in [1.807, 2.05) is 26.0 Å². The summed E-state index contributed by atoms with van der Waals surface area (Å²) in [5.74, 6) is -5.33. The maximum absolute atomic E-state index is 13.5. The van der Waals surface area contributed by atoms with Crippen molar-refractivity contribution in [2.75, 3.05) is 13.7 Å². The molecular weight excluding hydrogens is 580 g/mol. The predicted molar refractivity (Wildman–Crippen MR) is 158 cm³/mol. The topological polar surface area (TPSA) is 114 Å². The van der Waals surface area contributed by atoms with Crippen molar-refractivity contribution in [3.63, 3.8) is 0 Å². The Morgan fingerprint density at radius 2 is 1.82 bits per heavy atom. The van der Waals surface area contributed by atoms with Crippen molar-refractivity contribution in [3.8, 4) is 0 Å². The lowest BCUT2D eigenvalue weighted by Crippen LogP contribution is -2.38. The molecule has 1 saturated heterocycles. The van der Waals surface area contributed by atoms with E-state index < -0.39 is 17.9 Å². The molecule has 0 bridgehead atoms. The van der Waals surface area contributed by atoms with Crippen molar-refractivity contribution in [1.82, 2.24) is 30.4 Å². The number of aromatic nitrogens is 4. The van der Waals surface area contributed by atoms with Gasteiger partial charge < -0.3 is 20.4 Å². The number of hydrogen-bond donors (Lipinski definition) is 3. The van der Waals surface area contributed by atoms with Crippen molar-refractivity contribution in [3.05, 3.63) is 47.5 Å². The van der Waals surface area contributed by atoms with Gasteiger partial charge in [0.05, 0.1) is 23.7 Å². The Kier molecular flexibility index (Phi) is 11.0. The quantitative estimate of drug-likeness (QED) is 0.268. The van der Waals surface area contributed by atoms with E-state index >= 15 is 0 Å². The van der Waals surface area contributed by atoms with Gasteiger partial charge >= 0.3 is 0 Å². The third kappa shape index (κ3) is 10.0. The van der Waals surface area contributed by atoms with Crippen LogP contribution in [0.2, 0.25) is 0 Å². The van der Waals surface area contributed by atoms with Gasteiger partial charge in [-0.3, -0.25) is 14.3 Å². The molecule has 3 heterocycles. The van der Waals surface area contributed by atoms with Crippen LogP contribution in [0.4, 0.5) is 17.6 Å². The SMILES string of the molecule is C1CC1.CNC(=O)c1ccnn1C(C)C.O=C(CC1CC(F)(F)C1)NCc1ccc2nc(CC3CC(F)(F)CCO3)[nH]c2c1. The molecule has 13 heteroatoms. The van der Waals surface area contributed by atoms with Crippen LogP contribution in [0, 0.1) is 5.92 Å². The number of halogens is 4. The molecule has 2 aromatic heterocycles. The smallest absolute Gasteiger partial charge is 0.269 e. The number of nitrogens with one attached hydrogen (secondary N) is 3. The molecular formula is C31H42F4N6O3. The highest BCUT2D eigenvalue weighted by Crippen LogP contribution is 2.43. The summed E-state index contributed by atoms with van der Waals surface area (Å²) >= 11 is 0. The summed E-state index contributed by atoms with van der Waals surface area (Å²) in [5, 5.41) is 9.35. The third-order valence-corrected chi connectivity index (χ3v) is 7.48. The molecule has 6 rings (SSSR count). The van der Waals surface area contributed by atoms with Gasteiger partial charge in [-0.05, 0) is 43.5 Å². The van der Waals surface area contributed by atoms with Gasteiger partial charge in [-0.1, -0.05) is 25.3 Å². The molecule has 1 atom stereocenters. The molecule has 242 valence electrons. The van der Waals surface area contributed by atoms with Crippen LogP contribution in [0.1, 0.15) is 93.1 Å². The van der Waals surface area contributed by atoms with E-state index in [0.717, 1.165) is 11.1 Å². The number of H-pyrrole nitrogens is 1. The van der Waals surface area contributed by atoms with Gasteiger partial charge in [0.25, 0.3) is 11.8 Å². The summed E-state index contributed by atoms with van der Waals surface area (Å²) in [6.45, 7) is 4.29. The molecule has 2 amide bonds. The van der Waals surface area contributed by atoms with E-state index in [4.69, 9.17) is 4.74 Å². The monoisotopic (exact) mass is 622 g/mol. The van der Waals surface area contributed by atoms with Gasteiger partial charge in [-0.15, -0.1) is 0 Å². The van der Waals surface area contributed by atoms with Gasteiger partial charge in [0, 0.05) is 64.4 Å². The lowest BCUT2D eigenvalue weighted by atomic mass is 9.79. The molecule has 2 saturated carbocycles. The molecule has 3 fully saturated rings. The van der Waals surface area contributed by atoms with Gasteiger partial charge in [0.2, 0.25) is 11.8 Å². The Hall–Kier alpha value is -3.48. The van der Waals surface area contributed by atoms with Crippen LogP contribution < -0.4 is 10.6 Å². The number of carbonyl (C=O) groups excluding carboxylic acids is 2. The predicted octanol–water partition coefficient (Wildman–Crippen LogP) is 5.97. The minimum absolute atomic E-state index is 0.0419. The zero-order chi connectivity index (χ0) is 31.9. The largest absolute Gasteiger partial charge is 0.377 e.